The Balaban J connectivity index is 3.90. The van der Waals surface area contributed by atoms with Crippen molar-refractivity contribution in [3.05, 3.63) is 0 Å². The molecule has 0 rings (SSSR count). The summed E-state index contributed by atoms with van der Waals surface area (Å²) >= 11 is 0. The molecule has 82 valence electrons. The normalized spacial score (nSPS) is 14.0. The van der Waals surface area contributed by atoms with Gasteiger partial charge in [0.25, 0.3) is 0 Å². The second kappa shape index (κ2) is 6.10. The monoisotopic (exact) mass is 219 g/mol. The van der Waals surface area contributed by atoms with E-state index in [2.05, 4.69) is 5.09 Å². The van der Waals surface area contributed by atoms with Gasteiger partial charge in [-0.05, 0) is 18.8 Å². The molecule has 0 fully saturated rings. The number of hydrogen-bond acceptors (Lipinski definition) is 3. The molecule has 0 heterocycles. The Morgan fingerprint density at radius 2 is 2.14 bits per heavy atom. The lowest BCUT2D eigenvalue weighted by Gasteiger charge is -2.22. The zero-order chi connectivity index (χ0) is 11.2. The molecule has 0 aliphatic carbocycles. The van der Waals surface area contributed by atoms with Gasteiger partial charge in [0, 0.05) is 0 Å². The molecule has 1 atom stereocenters. The molecule has 1 N–H and O–H groups in total. The molecule has 0 saturated heterocycles. The molecule has 0 aromatic heterocycles. The summed E-state index contributed by atoms with van der Waals surface area (Å²) in [5, 5.41) is 2.44. The molecular formula is C9H18NO3P. The third kappa shape index (κ3) is 5.30. The van der Waals surface area contributed by atoms with Crippen molar-refractivity contribution in [3.63, 3.8) is 0 Å². The van der Waals surface area contributed by atoms with Gasteiger partial charge in [-0.15, -0.1) is 0 Å². The largest absolute Gasteiger partial charge is 0.464 e. The Morgan fingerprint density at radius 3 is 2.57 bits per heavy atom. The zero-order valence-electron chi connectivity index (χ0n) is 9.16. The van der Waals surface area contributed by atoms with Gasteiger partial charge >= 0.3 is 5.97 Å². The predicted molar refractivity (Wildman–Crippen MR) is 55.2 cm³/mol. The average Bonchev–Trinajstić information content (AvgIpc) is 2.15. The Bertz CT molecular complexity index is 206. The summed E-state index contributed by atoms with van der Waals surface area (Å²) < 4.78 is 15.2. The van der Waals surface area contributed by atoms with Gasteiger partial charge in [-0.1, -0.05) is 20.8 Å². The van der Waals surface area contributed by atoms with Gasteiger partial charge in [0.15, 0.2) is 0 Å². The number of rotatable bonds is 6. The highest BCUT2D eigenvalue weighted by atomic mass is 31.1. The lowest BCUT2D eigenvalue weighted by molar-refractivity contribution is -0.148. The van der Waals surface area contributed by atoms with Gasteiger partial charge in [-0.25, -0.2) is 5.09 Å². The van der Waals surface area contributed by atoms with Crippen LogP contribution >= 0.6 is 8.61 Å². The number of nitrogens with one attached hydrogen (secondary N) is 1. The number of carbonyl (C=O) groups is 1. The van der Waals surface area contributed by atoms with Crippen molar-refractivity contribution in [1.82, 2.24) is 5.09 Å². The van der Waals surface area contributed by atoms with E-state index in [1.807, 2.05) is 20.8 Å². The second-order valence-electron chi connectivity index (χ2n) is 4.07. The molecule has 0 bridgehead atoms. The first-order valence-electron chi connectivity index (χ1n) is 4.67. The fraction of sp³-hybridized carbons (Fsp3) is 0.889. The van der Waals surface area contributed by atoms with Gasteiger partial charge in [-0.2, -0.15) is 0 Å². The Kier molecular flexibility index (Phi) is 5.89. The van der Waals surface area contributed by atoms with Crippen molar-refractivity contribution in [3.8, 4) is 0 Å². The third-order valence-electron chi connectivity index (χ3n) is 2.16. The number of carbonyl (C=O) groups excluding carboxylic acids is 1. The summed E-state index contributed by atoms with van der Waals surface area (Å²) in [7, 11) is -0.251. The van der Waals surface area contributed by atoms with Crippen LogP contribution in [0.25, 0.3) is 0 Å². The van der Waals surface area contributed by atoms with E-state index in [-0.39, 0.29) is 20.0 Å². The highest BCUT2D eigenvalue weighted by molar-refractivity contribution is 7.21. The van der Waals surface area contributed by atoms with E-state index >= 15 is 0 Å². The topological polar surface area (TPSA) is 55.4 Å². The highest BCUT2D eigenvalue weighted by Gasteiger charge is 2.20. The van der Waals surface area contributed by atoms with Crippen molar-refractivity contribution in [2.45, 2.75) is 40.2 Å². The van der Waals surface area contributed by atoms with E-state index < -0.39 is 6.04 Å². The van der Waals surface area contributed by atoms with E-state index in [1.165, 1.54) is 0 Å². The van der Waals surface area contributed by atoms with Crippen molar-refractivity contribution >= 4 is 14.6 Å². The van der Waals surface area contributed by atoms with Crippen LogP contribution in [-0.4, -0.2) is 18.6 Å². The first-order chi connectivity index (χ1) is 6.43. The van der Waals surface area contributed by atoms with Gasteiger partial charge in [0.1, 0.15) is 6.04 Å². The molecule has 0 aliphatic heterocycles. The summed E-state index contributed by atoms with van der Waals surface area (Å²) in [5.74, 6) is -0.366. The maximum absolute atomic E-state index is 11.3. The fourth-order valence-electron chi connectivity index (χ4n) is 0.625. The maximum Gasteiger partial charge on any atom is 0.323 e. The average molecular weight is 219 g/mol. The molecule has 5 heteroatoms. The minimum Gasteiger partial charge on any atom is -0.464 e. The van der Waals surface area contributed by atoms with Gasteiger partial charge in [0.2, 0.25) is 8.61 Å². The SMILES string of the molecule is CCC(C)(C)COC(=O)[C@H](C)NP=O. The zero-order valence-corrected chi connectivity index (χ0v) is 10.1. The first kappa shape index (κ1) is 13.5. The van der Waals surface area contributed by atoms with Gasteiger partial charge < -0.3 is 4.74 Å². The van der Waals surface area contributed by atoms with Crippen molar-refractivity contribution in [1.29, 1.82) is 0 Å². The maximum atomic E-state index is 11.3. The van der Waals surface area contributed by atoms with Crippen LogP contribution in [0, 0.1) is 5.41 Å². The summed E-state index contributed by atoms with van der Waals surface area (Å²) in [6, 6.07) is -0.526. The van der Waals surface area contributed by atoms with Crippen LogP contribution in [0.3, 0.4) is 0 Å². The molecule has 4 nitrogen and oxygen atoms in total. The van der Waals surface area contributed by atoms with Crippen molar-refractivity contribution in [2.24, 2.45) is 5.41 Å². The lowest BCUT2D eigenvalue weighted by atomic mass is 9.92. The van der Waals surface area contributed by atoms with Crippen LogP contribution in [0.15, 0.2) is 0 Å². The van der Waals surface area contributed by atoms with E-state index in [1.54, 1.807) is 6.92 Å². The quantitative estimate of drug-likeness (QED) is 0.549. The van der Waals surface area contributed by atoms with E-state index in [0.29, 0.717) is 6.61 Å². The standard InChI is InChI=1S/C9H18NO3P/c1-5-9(3,4)6-13-8(11)7(2)10-14-12/h7H,5-6H2,1-4H3,(H,10,12)/t7-/m0/s1. The molecule has 0 amide bonds. The number of ether oxygens (including phenoxy) is 1. The first-order valence-corrected chi connectivity index (χ1v) is 5.48. The molecule has 14 heavy (non-hydrogen) atoms. The number of esters is 1. The number of hydrogen-bond donors (Lipinski definition) is 1. The van der Waals surface area contributed by atoms with Crippen LogP contribution < -0.4 is 5.09 Å². The van der Waals surface area contributed by atoms with Crippen LogP contribution in [0.5, 0.6) is 0 Å². The Labute approximate surface area is 86.7 Å². The van der Waals surface area contributed by atoms with Crippen LogP contribution in [0.4, 0.5) is 0 Å². The molecular weight excluding hydrogens is 201 g/mol. The molecule has 0 aromatic rings. The minimum absolute atomic E-state index is 0.00452. The highest BCUT2D eigenvalue weighted by Crippen LogP contribution is 2.19. The van der Waals surface area contributed by atoms with Crippen LogP contribution in [0.1, 0.15) is 34.1 Å². The molecule has 0 aliphatic rings. The van der Waals surface area contributed by atoms with Crippen molar-refractivity contribution in [2.75, 3.05) is 6.61 Å². The molecule has 0 aromatic carbocycles. The molecule has 0 saturated carbocycles. The minimum atomic E-state index is -0.526. The molecule has 0 spiro atoms. The van der Waals surface area contributed by atoms with Crippen LogP contribution in [0.2, 0.25) is 0 Å². The molecule has 0 unspecified atom stereocenters. The van der Waals surface area contributed by atoms with Gasteiger partial charge in [-0.3, -0.25) is 9.36 Å². The smallest absolute Gasteiger partial charge is 0.323 e. The van der Waals surface area contributed by atoms with E-state index in [0.717, 1.165) is 6.42 Å². The molecule has 0 radical (unpaired) electrons. The summed E-state index contributed by atoms with van der Waals surface area (Å²) in [6.07, 6.45) is 0.946. The van der Waals surface area contributed by atoms with Crippen LogP contribution in [-0.2, 0) is 14.1 Å². The summed E-state index contributed by atoms with van der Waals surface area (Å²) in [6.45, 7) is 8.12. The third-order valence-corrected chi connectivity index (χ3v) is 2.65. The lowest BCUT2D eigenvalue weighted by Crippen LogP contribution is -2.32. The van der Waals surface area contributed by atoms with E-state index in [4.69, 9.17) is 4.74 Å². The Morgan fingerprint density at radius 1 is 1.57 bits per heavy atom. The summed E-state index contributed by atoms with van der Waals surface area (Å²) in [5.41, 5.74) is 0.00452. The Hall–Kier alpha value is -0.470. The summed E-state index contributed by atoms with van der Waals surface area (Å²) in [4.78, 5) is 11.3. The van der Waals surface area contributed by atoms with E-state index in [9.17, 15) is 9.36 Å². The fourth-order valence-corrected chi connectivity index (χ4v) is 0.889. The predicted octanol–water partition coefficient (Wildman–Crippen LogP) is 2.15. The van der Waals surface area contributed by atoms with Gasteiger partial charge in [0.05, 0.1) is 6.61 Å². The second-order valence-corrected chi connectivity index (χ2v) is 4.51. The van der Waals surface area contributed by atoms with Crippen molar-refractivity contribution < 1.29 is 14.1 Å².